The highest BCUT2D eigenvalue weighted by molar-refractivity contribution is 6.31. The van der Waals surface area contributed by atoms with Crippen molar-refractivity contribution in [3.63, 3.8) is 0 Å². The van der Waals surface area contributed by atoms with Crippen LogP contribution in [-0.4, -0.2) is 24.5 Å². The number of ether oxygens (including phenoxy) is 1. The van der Waals surface area contributed by atoms with E-state index in [1.54, 1.807) is 35.2 Å². The molecule has 1 aliphatic heterocycles. The molecule has 1 aromatic carbocycles. The van der Waals surface area contributed by atoms with Crippen molar-refractivity contribution in [3.05, 3.63) is 46.9 Å². The molecule has 2 amide bonds. The molecule has 7 heteroatoms. The number of rotatable bonds is 3. The van der Waals surface area contributed by atoms with Crippen LogP contribution in [0.2, 0.25) is 5.02 Å². The lowest BCUT2D eigenvalue weighted by molar-refractivity contribution is -0.119. The van der Waals surface area contributed by atoms with Gasteiger partial charge in [-0.05, 0) is 37.3 Å². The van der Waals surface area contributed by atoms with E-state index >= 15 is 0 Å². The molecule has 3 rings (SSSR count). The second kappa shape index (κ2) is 6.57. The van der Waals surface area contributed by atoms with E-state index in [9.17, 15) is 9.59 Å². The predicted molar refractivity (Wildman–Crippen MR) is 89.4 cm³/mol. The Bertz CT molecular complexity index is 787. The summed E-state index contributed by atoms with van der Waals surface area (Å²) < 4.78 is 11.3. The Morgan fingerprint density at radius 1 is 1.33 bits per heavy atom. The van der Waals surface area contributed by atoms with Gasteiger partial charge in [0.15, 0.2) is 5.76 Å². The van der Waals surface area contributed by atoms with E-state index in [4.69, 9.17) is 20.8 Å². The molecule has 126 valence electrons. The van der Waals surface area contributed by atoms with Crippen LogP contribution >= 0.6 is 11.6 Å². The summed E-state index contributed by atoms with van der Waals surface area (Å²) in [5.74, 6) is 0.890. The van der Waals surface area contributed by atoms with Gasteiger partial charge in [-0.25, -0.2) is 0 Å². The van der Waals surface area contributed by atoms with Crippen LogP contribution < -0.4 is 15.0 Å². The number of furan rings is 1. The molecule has 0 radical (unpaired) electrons. The number of nitrogens with zero attached hydrogens (tertiary/aromatic N) is 1. The molecule has 0 saturated carbocycles. The molecule has 24 heavy (non-hydrogen) atoms. The third-order valence-electron chi connectivity index (χ3n) is 3.61. The summed E-state index contributed by atoms with van der Waals surface area (Å²) in [5.41, 5.74) is 0.616. The molecular formula is C17H17ClN2O4. The highest BCUT2D eigenvalue weighted by Gasteiger charge is 2.30. The van der Waals surface area contributed by atoms with E-state index in [0.717, 1.165) is 0 Å². The van der Waals surface area contributed by atoms with Crippen LogP contribution in [0.5, 0.6) is 5.75 Å². The van der Waals surface area contributed by atoms with Gasteiger partial charge in [0.1, 0.15) is 17.6 Å². The van der Waals surface area contributed by atoms with E-state index in [1.165, 1.54) is 6.92 Å². The minimum absolute atomic E-state index is 0.142. The van der Waals surface area contributed by atoms with Crippen molar-refractivity contribution in [2.24, 2.45) is 0 Å². The standard InChI is InChI=1S/C17H17ClN2O4/c1-10-9-20(14-7-12(18)3-5-15(14)23-10)17(22)16-6-4-13(24-16)8-19-11(2)21/h3-7,10H,8-9H2,1-2H3,(H,19,21)/t10-/m0/s1. The summed E-state index contributed by atoms with van der Waals surface area (Å²) in [4.78, 5) is 25.4. The quantitative estimate of drug-likeness (QED) is 0.925. The van der Waals surface area contributed by atoms with Crippen LogP contribution in [0.25, 0.3) is 0 Å². The molecule has 0 saturated heterocycles. The van der Waals surface area contributed by atoms with Gasteiger partial charge in [-0.2, -0.15) is 0 Å². The Hall–Kier alpha value is -2.47. The van der Waals surface area contributed by atoms with Gasteiger partial charge in [0.25, 0.3) is 5.91 Å². The number of carbonyl (C=O) groups is 2. The van der Waals surface area contributed by atoms with Gasteiger partial charge in [-0.3, -0.25) is 14.5 Å². The summed E-state index contributed by atoms with van der Waals surface area (Å²) in [5, 5.41) is 3.15. The van der Waals surface area contributed by atoms with Crippen LogP contribution in [0.4, 0.5) is 5.69 Å². The monoisotopic (exact) mass is 348 g/mol. The van der Waals surface area contributed by atoms with Crippen LogP contribution in [-0.2, 0) is 11.3 Å². The Morgan fingerprint density at radius 3 is 2.88 bits per heavy atom. The topological polar surface area (TPSA) is 71.8 Å². The van der Waals surface area contributed by atoms with E-state index < -0.39 is 0 Å². The molecule has 2 heterocycles. The number of hydrogen-bond acceptors (Lipinski definition) is 4. The third-order valence-corrected chi connectivity index (χ3v) is 3.84. The van der Waals surface area contributed by atoms with Crippen molar-refractivity contribution in [1.29, 1.82) is 0 Å². The fourth-order valence-electron chi connectivity index (χ4n) is 2.54. The van der Waals surface area contributed by atoms with E-state index in [2.05, 4.69) is 5.32 Å². The molecule has 0 fully saturated rings. The minimum Gasteiger partial charge on any atom is -0.487 e. The molecule has 1 aliphatic rings. The number of nitrogens with one attached hydrogen (secondary N) is 1. The average Bonchev–Trinajstić information content (AvgIpc) is 3.01. The van der Waals surface area contributed by atoms with Crippen molar-refractivity contribution in [3.8, 4) is 5.75 Å². The molecule has 0 bridgehead atoms. The van der Waals surface area contributed by atoms with Gasteiger partial charge >= 0.3 is 0 Å². The Labute approximate surface area is 144 Å². The number of benzene rings is 1. The summed E-state index contributed by atoms with van der Waals surface area (Å²) in [6, 6.07) is 8.44. The first kappa shape index (κ1) is 16.4. The Kier molecular flexibility index (Phi) is 4.49. The predicted octanol–water partition coefficient (Wildman–Crippen LogP) is 3.00. The summed E-state index contributed by atoms with van der Waals surface area (Å²) in [6.07, 6.45) is -0.142. The zero-order valence-corrected chi connectivity index (χ0v) is 14.1. The lowest BCUT2D eigenvalue weighted by atomic mass is 10.2. The van der Waals surface area contributed by atoms with E-state index in [1.807, 2.05) is 6.92 Å². The maximum absolute atomic E-state index is 12.8. The fourth-order valence-corrected chi connectivity index (χ4v) is 2.70. The number of anilines is 1. The lowest BCUT2D eigenvalue weighted by Crippen LogP contribution is -2.42. The first-order valence-corrected chi connectivity index (χ1v) is 7.93. The largest absolute Gasteiger partial charge is 0.487 e. The summed E-state index contributed by atoms with van der Waals surface area (Å²) >= 11 is 6.05. The van der Waals surface area contributed by atoms with Crippen molar-refractivity contribution in [2.45, 2.75) is 26.5 Å². The molecule has 1 atom stereocenters. The maximum atomic E-state index is 12.8. The van der Waals surface area contributed by atoms with Crippen molar-refractivity contribution < 1.29 is 18.7 Å². The van der Waals surface area contributed by atoms with Crippen LogP contribution in [0.3, 0.4) is 0 Å². The summed E-state index contributed by atoms with van der Waals surface area (Å²) in [7, 11) is 0. The average molecular weight is 349 g/mol. The van der Waals surface area contributed by atoms with Gasteiger partial charge < -0.3 is 14.5 Å². The van der Waals surface area contributed by atoms with Gasteiger partial charge in [0.05, 0.1) is 18.8 Å². The first-order chi connectivity index (χ1) is 11.4. The normalized spacial score (nSPS) is 16.3. The lowest BCUT2D eigenvalue weighted by Gasteiger charge is -2.33. The number of amides is 2. The van der Waals surface area contributed by atoms with Gasteiger partial charge in [-0.15, -0.1) is 0 Å². The number of halogens is 1. The molecule has 0 spiro atoms. The summed E-state index contributed by atoms with van der Waals surface area (Å²) in [6.45, 7) is 3.95. The number of carbonyl (C=O) groups excluding carboxylic acids is 2. The first-order valence-electron chi connectivity index (χ1n) is 7.55. The zero-order chi connectivity index (χ0) is 17.3. The zero-order valence-electron chi connectivity index (χ0n) is 13.3. The minimum atomic E-state index is -0.275. The molecule has 0 aliphatic carbocycles. The molecule has 1 N–H and O–H groups in total. The highest BCUT2D eigenvalue weighted by atomic mass is 35.5. The van der Waals surface area contributed by atoms with Crippen LogP contribution in [0.1, 0.15) is 30.2 Å². The molecule has 0 unspecified atom stereocenters. The highest BCUT2D eigenvalue weighted by Crippen LogP contribution is 2.36. The van der Waals surface area contributed by atoms with Crippen molar-refractivity contribution >= 4 is 29.1 Å². The molecule has 1 aromatic heterocycles. The van der Waals surface area contributed by atoms with E-state index in [0.29, 0.717) is 28.8 Å². The smallest absolute Gasteiger partial charge is 0.294 e. The van der Waals surface area contributed by atoms with Gasteiger partial charge in [-0.1, -0.05) is 11.6 Å². The van der Waals surface area contributed by atoms with Crippen LogP contribution in [0, 0.1) is 0 Å². The van der Waals surface area contributed by atoms with Gasteiger partial charge in [0, 0.05) is 11.9 Å². The van der Waals surface area contributed by atoms with Crippen LogP contribution in [0.15, 0.2) is 34.7 Å². The fraction of sp³-hybridized carbons (Fsp3) is 0.294. The van der Waals surface area contributed by atoms with E-state index in [-0.39, 0.29) is 30.2 Å². The number of hydrogen-bond donors (Lipinski definition) is 1. The SMILES string of the molecule is CC(=O)NCc1ccc(C(=O)N2C[C@H](C)Oc3ccc(Cl)cc32)o1. The molecule has 2 aromatic rings. The second-order valence-corrected chi connectivity index (χ2v) is 6.07. The Balaban J connectivity index is 1.85. The second-order valence-electron chi connectivity index (χ2n) is 5.63. The maximum Gasteiger partial charge on any atom is 0.294 e. The molecule has 6 nitrogen and oxygen atoms in total. The van der Waals surface area contributed by atoms with Crippen molar-refractivity contribution in [2.75, 3.05) is 11.4 Å². The Morgan fingerprint density at radius 2 is 2.12 bits per heavy atom. The van der Waals surface area contributed by atoms with Gasteiger partial charge in [0.2, 0.25) is 5.91 Å². The third kappa shape index (κ3) is 3.38. The number of fused-ring (bicyclic) bond motifs is 1. The molecular weight excluding hydrogens is 332 g/mol. The van der Waals surface area contributed by atoms with Crippen molar-refractivity contribution in [1.82, 2.24) is 5.32 Å².